The predicted octanol–water partition coefficient (Wildman–Crippen LogP) is 3.57. The highest BCUT2D eigenvalue weighted by atomic mass is 16.2. The number of carbonyl (C=O) groups excluding carboxylic acids is 2. The summed E-state index contributed by atoms with van der Waals surface area (Å²) >= 11 is 0. The summed E-state index contributed by atoms with van der Waals surface area (Å²) in [5.41, 5.74) is 1.03. The van der Waals surface area contributed by atoms with E-state index in [1.165, 1.54) is 19.3 Å². The second kappa shape index (κ2) is 9.89. The first kappa shape index (κ1) is 20.6. The van der Waals surface area contributed by atoms with Gasteiger partial charge in [-0.3, -0.25) is 9.78 Å². The average Bonchev–Trinajstić information content (AvgIpc) is 2.73. The molecule has 6 nitrogen and oxygen atoms in total. The number of hydrogen-bond donors (Lipinski definition) is 1. The Morgan fingerprint density at radius 2 is 2.00 bits per heavy atom. The number of carbonyl (C=O) groups is 2. The fourth-order valence-electron chi connectivity index (χ4n) is 4.31. The van der Waals surface area contributed by atoms with Crippen LogP contribution in [-0.2, 0) is 11.3 Å². The van der Waals surface area contributed by atoms with Crippen LogP contribution in [0.15, 0.2) is 24.5 Å². The van der Waals surface area contributed by atoms with Gasteiger partial charge in [0.1, 0.15) is 0 Å². The highest BCUT2D eigenvalue weighted by Crippen LogP contribution is 2.22. The molecule has 1 aromatic rings. The summed E-state index contributed by atoms with van der Waals surface area (Å²) in [5, 5.41) is 3.22. The lowest BCUT2D eigenvalue weighted by Crippen LogP contribution is -2.55. The highest BCUT2D eigenvalue weighted by Gasteiger charge is 2.32. The van der Waals surface area contributed by atoms with Gasteiger partial charge in [-0.1, -0.05) is 39.2 Å². The van der Waals surface area contributed by atoms with Gasteiger partial charge in [0.15, 0.2) is 0 Å². The number of pyridine rings is 1. The molecule has 2 heterocycles. The molecule has 0 bridgehead atoms. The van der Waals surface area contributed by atoms with E-state index in [2.05, 4.69) is 10.3 Å². The van der Waals surface area contributed by atoms with Crippen LogP contribution in [0.3, 0.4) is 0 Å². The second-order valence-corrected chi connectivity index (χ2v) is 8.51. The summed E-state index contributed by atoms with van der Waals surface area (Å²) in [7, 11) is 0. The van der Waals surface area contributed by atoms with Crippen molar-refractivity contribution in [1.82, 2.24) is 20.1 Å². The van der Waals surface area contributed by atoms with Crippen molar-refractivity contribution in [1.29, 1.82) is 0 Å². The molecule has 0 aromatic carbocycles. The normalized spacial score (nSPS) is 20.8. The van der Waals surface area contributed by atoms with Crippen LogP contribution < -0.4 is 5.32 Å². The van der Waals surface area contributed by atoms with Crippen LogP contribution in [0.1, 0.15) is 64.4 Å². The molecular weight excluding hydrogens is 352 g/mol. The summed E-state index contributed by atoms with van der Waals surface area (Å²) in [6.45, 7) is 5.81. The van der Waals surface area contributed by atoms with Gasteiger partial charge in [0.2, 0.25) is 5.91 Å². The van der Waals surface area contributed by atoms with Crippen molar-refractivity contribution < 1.29 is 9.59 Å². The molecular formula is C22H34N4O2. The molecule has 0 radical (unpaired) electrons. The van der Waals surface area contributed by atoms with E-state index >= 15 is 0 Å². The van der Waals surface area contributed by atoms with E-state index in [0.29, 0.717) is 19.1 Å². The number of aromatic nitrogens is 1. The Bertz CT molecular complexity index is 643. The number of urea groups is 1. The quantitative estimate of drug-likeness (QED) is 0.841. The minimum Gasteiger partial charge on any atom is -0.335 e. The third-order valence-electron chi connectivity index (χ3n) is 5.91. The van der Waals surface area contributed by atoms with Gasteiger partial charge in [-0.15, -0.1) is 0 Å². The first-order chi connectivity index (χ1) is 13.5. The second-order valence-electron chi connectivity index (χ2n) is 8.51. The number of nitrogens with one attached hydrogen (secondary N) is 1. The Kier molecular flexibility index (Phi) is 7.29. The van der Waals surface area contributed by atoms with Crippen molar-refractivity contribution in [2.75, 3.05) is 13.1 Å². The smallest absolute Gasteiger partial charge is 0.317 e. The Morgan fingerprint density at radius 3 is 2.68 bits per heavy atom. The van der Waals surface area contributed by atoms with Gasteiger partial charge in [0.05, 0.1) is 0 Å². The van der Waals surface area contributed by atoms with Crippen LogP contribution in [0.5, 0.6) is 0 Å². The molecule has 2 fully saturated rings. The van der Waals surface area contributed by atoms with Crippen LogP contribution >= 0.6 is 0 Å². The van der Waals surface area contributed by atoms with Gasteiger partial charge < -0.3 is 15.1 Å². The zero-order valence-electron chi connectivity index (χ0n) is 17.3. The molecule has 2 aliphatic rings. The van der Waals surface area contributed by atoms with Crippen molar-refractivity contribution in [3.63, 3.8) is 0 Å². The zero-order chi connectivity index (χ0) is 19.9. The zero-order valence-corrected chi connectivity index (χ0v) is 17.3. The van der Waals surface area contributed by atoms with Gasteiger partial charge in [0.25, 0.3) is 0 Å². The standard InChI is InChI=1S/C22H34N4O2/c1-17(2)21(27)26(15-18-8-6-12-23-14-18)20-11-7-13-25(16-20)22(28)24-19-9-4-3-5-10-19/h6,8,12,14,17,19-20H,3-5,7,9-11,13,15-16H2,1-2H3,(H,24,28). The van der Waals surface area contributed by atoms with Crippen molar-refractivity contribution in [3.05, 3.63) is 30.1 Å². The number of hydrogen-bond acceptors (Lipinski definition) is 3. The van der Waals surface area contributed by atoms with Crippen LogP contribution in [-0.4, -0.2) is 51.9 Å². The van der Waals surface area contributed by atoms with Gasteiger partial charge in [-0.05, 0) is 37.3 Å². The molecule has 6 heteroatoms. The molecule has 1 saturated heterocycles. The summed E-state index contributed by atoms with van der Waals surface area (Å²) in [5.74, 6) is 0.0755. The summed E-state index contributed by atoms with van der Waals surface area (Å²) in [6.07, 6.45) is 11.3. The lowest BCUT2D eigenvalue weighted by atomic mass is 9.95. The molecule has 1 aliphatic carbocycles. The average molecular weight is 387 g/mol. The monoisotopic (exact) mass is 386 g/mol. The Hall–Kier alpha value is -2.11. The maximum atomic E-state index is 12.9. The lowest BCUT2D eigenvalue weighted by molar-refractivity contribution is -0.138. The van der Waals surface area contributed by atoms with E-state index in [-0.39, 0.29) is 23.9 Å². The molecule has 1 N–H and O–H groups in total. The largest absolute Gasteiger partial charge is 0.335 e. The maximum absolute atomic E-state index is 12.9. The van der Waals surface area contributed by atoms with Gasteiger partial charge in [-0.2, -0.15) is 0 Å². The predicted molar refractivity (Wildman–Crippen MR) is 110 cm³/mol. The molecule has 1 atom stereocenters. The van der Waals surface area contributed by atoms with Gasteiger partial charge >= 0.3 is 6.03 Å². The molecule has 1 unspecified atom stereocenters. The van der Waals surface area contributed by atoms with Crippen molar-refractivity contribution in [2.45, 2.75) is 77.4 Å². The minimum absolute atomic E-state index is 0.0370. The van der Waals surface area contributed by atoms with Gasteiger partial charge in [0, 0.05) is 50.0 Å². The SMILES string of the molecule is CC(C)C(=O)N(Cc1cccnc1)C1CCCN(C(=O)NC2CCCCC2)C1. The van der Waals surface area contributed by atoms with Crippen LogP contribution in [0.25, 0.3) is 0 Å². The highest BCUT2D eigenvalue weighted by molar-refractivity contribution is 5.79. The lowest BCUT2D eigenvalue weighted by Gasteiger charge is -2.40. The summed E-state index contributed by atoms with van der Waals surface area (Å²) in [4.78, 5) is 33.8. The molecule has 1 aromatic heterocycles. The molecule has 1 aliphatic heterocycles. The third kappa shape index (κ3) is 5.46. The van der Waals surface area contributed by atoms with E-state index in [1.54, 1.807) is 6.20 Å². The number of piperidine rings is 1. The van der Waals surface area contributed by atoms with Crippen LogP contribution in [0.4, 0.5) is 4.79 Å². The molecule has 3 rings (SSSR count). The Balaban J connectivity index is 1.65. The summed E-state index contributed by atoms with van der Waals surface area (Å²) in [6, 6.07) is 4.31. The van der Waals surface area contributed by atoms with E-state index in [4.69, 9.17) is 0 Å². The molecule has 1 saturated carbocycles. The topological polar surface area (TPSA) is 65.5 Å². The Morgan fingerprint density at radius 1 is 1.21 bits per heavy atom. The third-order valence-corrected chi connectivity index (χ3v) is 5.91. The van der Waals surface area contributed by atoms with Gasteiger partial charge in [-0.25, -0.2) is 4.79 Å². The number of amides is 3. The fourth-order valence-corrected chi connectivity index (χ4v) is 4.31. The summed E-state index contributed by atoms with van der Waals surface area (Å²) < 4.78 is 0. The van der Waals surface area contributed by atoms with E-state index in [1.807, 2.05) is 42.0 Å². The molecule has 3 amide bonds. The fraction of sp³-hybridized carbons (Fsp3) is 0.682. The Labute approximate surface area is 168 Å². The first-order valence-corrected chi connectivity index (χ1v) is 10.8. The first-order valence-electron chi connectivity index (χ1n) is 10.8. The van der Waals surface area contributed by atoms with Crippen molar-refractivity contribution >= 4 is 11.9 Å². The number of likely N-dealkylation sites (tertiary alicyclic amines) is 1. The number of nitrogens with zero attached hydrogens (tertiary/aromatic N) is 3. The van der Waals surface area contributed by atoms with Crippen molar-refractivity contribution in [3.8, 4) is 0 Å². The molecule has 154 valence electrons. The van der Waals surface area contributed by atoms with Crippen LogP contribution in [0, 0.1) is 5.92 Å². The van der Waals surface area contributed by atoms with E-state index in [0.717, 1.165) is 37.8 Å². The minimum atomic E-state index is -0.0666. The maximum Gasteiger partial charge on any atom is 0.317 e. The van der Waals surface area contributed by atoms with Crippen LogP contribution in [0.2, 0.25) is 0 Å². The van der Waals surface area contributed by atoms with E-state index < -0.39 is 0 Å². The molecule has 0 spiro atoms. The van der Waals surface area contributed by atoms with E-state index in [9.17, 15) is 9.59 Å². The van der Waals surface area contributed by atoms with Crippen molar-refractivity contribution in [2.24, 2.45) is 5.92 Å². The molecule has 28 heavy (non-hydrogen) atoms. The number of rotatable bonds is 5.